The Morgan fingerprint density at radius 1 is 0.537 bits per heavy atom. The van der Waals surface area contributed by atoms with Gasteiger partial charge < -0.3 is 28.8 Å². The van der Waals surface area contributed by atoms with Gasteiger partial charge in [-0.3, -0.25) is 9.36 Å². The van der Waals surface area contributed by atoms with Crippen LogP contribution < -0.4 is 10.2 Å². The van der Waals surface area contributed by atoms with Gasteiger partial charge in [-0.2, -0.15) is 0 Å². The molecule has 0 aromatic heterocycles. The summed E-state index contributed by atoms with van der Waals surface area (Å²) < 4.78 is 23.2. The van der Waals surface area contributed by atoms with Crippen molar-refractivity contribution in [2.24, 2.45) is 0 Å². The highest BCUT2D eigenvalue weighted by Crippen LogP contribution is 2.38. The molecule has 2 N–H and O–H groups in total. The van der Waals surface area contributed by atoms with Gasteiger partial charge in [0.05, 0.1) is 39.9 Å². The number of quaternary nitrogens is 1. The molecule has 0 heterocycles. The number of phosphoric acid groups is 1. The summed E-state index contributed by atoms with van der Waals surface area (Å²) in [6.45, 7) is 4.51. The van der Waals surface area contributed by atoms with E-state index < -0.39 is 20.0 Å². The highest BCUT2D eigenvalue weighted by atomic mass is 31.2. The van der Waals surface area contributed by atoms with Gasteiger partial charge >= 0.3 is 0 Å². The fourth-order valence-electron chi connectivity index (χ4n) is 6.57. The maximum absolute atomic E-state index is 12.9. The van der Waals surface area contributed by atoms with Crippen molar-refractivity contribution < 1.29 is 32.9 Å². The van der Waals surface area contributed by atoms with Crippen molar-refractivity contribution in [3.8, 4) is 0 Å². The first kappa shape index (κ1) is 63.6. The summed E-state index contributed by atoms with van der Waals surface area (Å²) in [5, 5.41) is 13.8. The minimum Gasteiger partial charge on any atom is -0.756 e. The number of allylic oxidation sites excluding steroid dienone is 22. The molecule has 0 bridgehead atoms. The molecule has 0 aromatic rings. The van der Waals surface area contributed by atoms with Crippen molar-refractivity contribution in [2.75, 3.05) is 40.9 Å². The van der Waals surface area contributed by atoms with E-state index in [1.54, 1.807) is 0 Å². The average Bonchev–Trinajstić information content (AvgIpc) is 3.29. The van der Waals surface area contributed by atoms with Gasteiger partial charge in [-0.25, -0.2) is 0 Å². The molecule has 67 heavy (non-hydrogen) atoms. The van der Waals surface area contributed by atoms with E-state index in [2.05, 4.69) is 153 Å². The minimum atomic E-state index is -4.58. The van der Waals surface area contributed by atoms with Gasteiger partial charge in [-0.15, -0.1) is 0 Å². The quantitative estimate of drug-likeness (QED) is 0.0272. The summed E-state index contributed by atoms with van der Waals surface area (Å²) in [7, 11) is 1.25. The molecule has 8 nitrogen and oxygen atoms in total. The van der Waals surface area contributed by atoms with Crippen LogP contribution in [0.3, 0.4) is 0 Å². The second-order valence-electron chi connectivity index (χ2n) is 18.1. The van der Waals surface area contributed by atoms with E-state index in [1.165, 1.54) is 32.1 Å². The van der Waals surface area contributed by atoms with Crippen molar-refractivity contribution in [1.82, 2.24) is 5.32 Å². The first-order valence-corrected chi connectivity index (χ1v) is 27.5. The molecule has 0 aliphatic heterocycles. The van der Waals surface area contributed by atoms with E-state index in [0.717, 1.165) is 116 Å². The van der Waals surface area contributed by atoms with E-state index in [-0.39, 0.29) is 19.1 Å². The van der Waals surface area contributed by atoms with Crippen LogP contribution in [-0.4, -0.2) is 68.5 Å². The Hall–Kier alpha value is -3.36. The summed E-state index contributed by atoms with van der Waals surface area (Å²) >= 11 is 0. The highest BCUT2D eigenvalue weighted by Gasteiger charge is 2.24. The van der Waals surface area contributed by atoms with Crippen molar-refractivity contribution >= 4 is 13.7 Å². The second-order valence-corrected chi connectivity index (χ2v) is 19.6. The van der Waals surface area contributed by atoms with Crippen LogP contribution in [-0.2, 0) is 18.4 Å². The standard InChI is InChI=1S/C58H97N2O6P/c1-6-8-10-12-14-16-17-18-19-20-21-22-23-24-25-26-27-28-29-30-31-32-33-34-35-36-37-38-39-40-41-42-43-44-46-48-50-52-58(62)59-56(55-66-67(63,64)65-54-53-60(3,4)5)57(61)51-49-47-45-15-13-11-9-7-2/h8,10,14,16,18-19,21-22,24-25,27-28,30-31,33-34,36-37,39-40,42-43,56-57,61H,6-7,9,11-13,15,17,20,23,26,29,32,35,38,41,44-55H2,1-5H3,(H-,59,62,63,64)/b10-8-,16-14-,19-18-,22-21-,25-24-,28-27-,31-30-,34-33-,37-36-,40-39-,43-42-. The summed E-state index contributed by atoms with van der Waals surface area (Å²) in [6.07, 6.45) is 72.1. The molecule has 9 heteroatoms. The summed E-state index contributed by atoms with van der Waals surface area (Å²) in [6, 6.07) is -0.826. The molecule has 0 rings (SSSR count). The van der Waals surface area contributed by atoms with Crippen molar-refractivity contribution in [2.45, 2.75) is 187 Å². The lowest BCUT2D eigenvalue weighted by Crippen LogP contribution is -2.46. The van der Waals surface area contributed by atoms with E-state index in [1.807, 2.05) is 21.1 Å². The number of hydrogen-bond acceptors (Lipinski definition) is 6. The third kappa shape index (κ3) is 50.3. The summed E-state index contributed by atoms with van der Waals surface area (Å²) in [5.41, 5.74) is 0. The maximum Gasteiger partial charge on any atom is 0.268 e. The number of unbranched alkanes of at least 4 members (excludes halogenated alkanes) is 10. The maximum atomic E-state index is 12.9. The van der Waals surface area contributed by atoms with Gasteiger partial charge in [0.15, 0.2) is 0 Å². The molecule has 1 amide bonds. The Morgan fingerprint density at radius 2 is 0.910 bits per heavy atom. The number of phosphoric ester groups is 1. The lowest BCUT2D eigenvalue weighted by molar-refractivity contribution is -0.870. The Bertz CT molecular complexity index is 1540. The first-order valence-electron chi connectivity index (χ1n) is 26.0. The Morgan fingerprint density at radius 3 is 1.31 bits per heavy atom. The number of nitrogens with one attached hydrogen (secondary N) is 1. The first-order chi connectivity index (χ1) is 32.5. The van der Waals surface area contributed by atoms with Gasteiger partial charge in [-0.1, -0.05) is 205 Å². The monoisotopic (exact) mass is 949 g/mol. The number of nitrogens with zero attached hydrogens (tertiary/aromatic N) is 1. The number of carbonyl (C=O) groups excluding carboxylic acids is 1. The van der Waals surface area contributed by atoms with E-state index in [4.69, 9.17) is 9.05 Å². The van der Waals surface area contributed by atoms with Gasteiger partial charge in [0.2, 0.25) is 5.91 Å². The van der Waals surface area contributed by atoms with Crippen LogP contribution in [0.5, 0.6) is 0 Å². The van der Waals surface area contributed by atoms with Crippen molar-refractivity contribution in [1.29, 1.82) is 0 Å². The van der Waals surface area contributed by atoms with Crippen LogP contribution in [0, 0.1) is 0 Å². The van der Waals surface area contributed by atoms with Crippen LogP contribution in [0.25, 0.3) is 0 Å². The third-order valence-corrected chi connectivity index (χ3v) is 11.6. The molecular formula is C58H97N2O6P. The van der Waals surface area contributed by atoms with E-state index in [0.29, 0.717) is 23.9 Å². The lowest BCUT2D eigenvalue weighted by atomic mass is 10.0. The van der Waals surface area contributed by atoms with E-state index in [9.17, 15) is 19.4 Å². The molecule has 0 radical (unpaired) electrons. The van der Waals surface area contributed by atoms with Crippen molar-refractivity contribution in [3.05, 3.63) is 134 Å². The Labute approximate surface area is 411 Å². The molecule has 0 spiro atoms. The largest absolute Gasteiger partial charge is 0.756 e. The summed E-state index contributed by atoms with van der Waals surface area (Å²) in [5.74, 6) is -0.207. The van der Waals surface area contributed by atoms with Crippen LogP contribution >= 0.6 is 7.82 Å². The molecule has 3 unspecified atom stereocenters. The molecular weight excluding hydrogens is 852 g/mol. The molecule has 3 atom stereocenters. The van der Waals surface area contributed by atoms with Crippen LogP contribution in [0.2, 0.25) is 0 Å². The normalized spacial score (nSPS) is 15.1. The zero-order chi connectivity index (χ0) is 49.2. The van der Waals surface area contributed by atoms with Gasteiger partial charge in [0.1, 0.15) is 13.2 Å². The zero-order valence-electron chi connectivity index (χ0n) is 43.0. The van der Waals surface area contributed by atoms with Crippen LogP contribution in [0.1, 0.15) is 174 Å². The molecule has 0 fully saturated rings. The molecule has 0 aliphatic rings. The number of amides is 1. The number of aliphatic hydroxyl groups excluding tert-OH is 1. The van der Waals surface area contributed by atoms with Gasteiger partial charge in [0, 0.05) is 6.42 Å². The molecule has 0 aliphatic carbocycles. The number of hydrogen-bond donors (Lipinski definition) is 2. The molecule has 0 saturated heterocycles. The fourth-order valence-corrected chi connectivity index (χ4v) is 7.29. The fraction of sp³-hybridized carbons (Fsp3) is 0.603. The SMILES string of the molecule is CC/C=C\C/C=C\C/C=C\C/C=C\C/C=C\C/C=C\C/C=C\C/C=C\C/C=C\C/C=C\C/C=C\CCCCCC(=O)NC(COP(=O)([O-])OCC[N+](C)(C)C)C(O)CCCCCCCCCC. The number of carbonyl (C=O) groups is 1. The minimum absolute atomic E-state index is 0.00256. The molecule has 0 aromatic carbocycles. The van der Waals surface area contributed by atoms with Crippen LogP contribution in [0.15, 0.2) is 134 Å². The van der Waals surface area contributed by atoms with Gasteiger partial charge in [0.25, 0.3) is 7.82 Å². The predicted molar refractivity (Wildman–Crippen MR) is 288 cm³/mol. The number of rotatable bonds is 45. The number of likely N-dealkylation sites (N-methyl/N-ethyl adjacent to an activating group) is 1. The topological polar surface area (TPSA) is 108 Å². The Kier molecular flexibility index (Phi) is 45.3. The zero-order valence-corrected chi connectivity index (χ0v) is 43.9. The van der Waals surface area contributed by atoms with E-state index >= 15 is 0 Å². The van der Waals surface area contributed by atoms with Crippen LogP contribution in [0.4, 0.5) is 0 Å². The second kappa shape index (κ2) is 47.7. The highest BCUT2D eigenvalue weighted by molar-refractivity contribution is 7.45. The Balaban J connectivity index is 4.16. The van der Waals surface area contributed by atoms with Crippen molar-refractivity contribution in [3.63, 3.8) is 0 Å². The number of aliphatic hydroxyl groups is 1. The molecule has 380 valence electrons. The molecule has 0 saturated carbocycles. The average molecular weight is 949 g/mol. The summed E-state index contributed by atoms with van der Waals surface area (Å²) in [4.78, 5) is 25.3. The smallest absolute Gasteiger partial charge is 0.268 e. The third-order valence-electron chi connectivity index (χ3n) is 10.7. The predicted octanol–water partition coefficient (Wildman–Crippen LogP) is 15.0. The van der Waals surface area contributed by atoms with Gasteiger partial charge in [-0.05, 0) is 96.3 Å². The lowest BCUT2D eigenvalue weighted by Gasteiger charge is -2.30.